The molecular weight excluding hydrogens is 222 g/mol. The highest BCUT2D eigenvalue weighted by Crippen LogP contribution is 2.14. The van der Waals surface area contributed by atoms with Crippen LogP contribution < -0.4 is 5.73 Å². The van der Waals surface area contributed by atoms with Crippen LogP contribution in [0.1, 0.15) is 37.3 Å². The molecule has 0 bridgehead atoms. The lowest BCUT2D eigenvalue weighted by Crippen LogP contribution is -2.14. The highest BCUT2D eigenvalue weighted by molar-refractivity contribution is 7.03. The SMILES string of the molecule is CC(C)n1ccc(CC(N)c2csnn2)n1. The van der Waals surface area contributed by atoms with Gasteiger partial charge in [-0.25, -0.2) is 0 Å². The first-order chi connectivity index (χ1) is 7.66. The van der Waals surface area contributed by atoms with E-state index in [4.69, 9.17) is 5.73 Å². The van der Waals surface area contributed by atoms with Crippen molar-refractivity contribution < 1.29 is 0 Å². The molecule has 0 spiro atoms. The predicted molar refractivity (Wildman–Crippen MR) is 63.2 cm³/mol. The average molecular weight is 237 g/mol. The zero-order valence-corrected chi connectivity index (χ0v) is 10.2. The number of hydrogen-bond acceptors (Lipinski definition) is 5. The maximum atomic E-state index is 6.01. The van der Waals surface area contributed by atoms with Crippen molar-refractivity contribution in [2.24, 2.45) is 5.73 Å². The summed E-state index contributed by atoms with van der Waals surface area (Å²) in [5.74, 6) is 0. The second-order valence-electron chi connectivity index (χ2n) is 4.02. The van der Waals surface area contributed by atoms with E-state index in [2.05, 4.69) is 28.5 Å². The number of hydrogen-bond donors (Lipinski definition) is 1. The third kappa shape index (κ3) is 2.45. The van der Waals surface area contributed by atoms with Crippen LogP contribution in [-0.2, 0) is 6.42 Å². The Hall–Kier alpha value is -1.27. The lowest BCUT2D eigenvalue weighted by Gasteiger charge is -2.06. The summed E-state index contributed by atoms with van der Waals surface area (Å²) >= 11 is 1.32. The second-order valence-corrected chi connectivity index (χ2v) is 4.63. The first-order valence-corrected chi connectivity index (χ1v) is 6.07. The van der Waals surface area contributed by atoms with Crippen molar-refractivity contribution in [3.05, 3.63) is 29.0 Å². The van der Waals surface area contributed by atoms with Crippen molar-refractivity contribution >= 4 is 11.5 Å². The zero-order valence-electron chi connectivity index (χ0n) is 9.37. The smallest absolute Gasteiger partial charge is 0.0926 e. The molecule has 2 rings (SSSR count). The molecule has 86 valence electrons. The molecule has 0 aliphatic heterocycles. The summed E-state index contributed by atoms with van der Waals surface area (Å²) in [5.41, 5.74) is 7.84. The van der Waals surface area contributed by atoms with Gasteiger partial charge in [0.2, 0.25) is 0 Å². The fourth-order valence-electron chi connectivity index (χ4n) is 1.44. The Bertz CT molecular complexity index is 434. The Balaban J connectivity index is 2.03. The summed E-state index contributed by atoms with van der Waals surface area (Å²) in [6.45, 7) is 4.20. The molecule has 16 heavy (non-hydrogen) atoms. The average Bonchev–Trinajstić information content (AvgIpc) is 2.87. The van der Waals surface area contributed by atoms with Gasteiger partial charge in [0.25, 0.3) is 0 Å². The zero-order chi connectivity index (χ0) is 11.5. The topological polar surface area (TPSA) is 69.6 Å². The van der Waals surface area contributed by atoms with E-state index in [-0.39, 0.29) is 6.04 Å². The second kappa shape index (κ2) is 4.71. The third-order valence-electron chi connectivity index (χ3n) is 2.38. The molecule has 0 aliphatic carbocycles. The van der Waals surface area contributed by atoms with Crippen molar-refractivity contribution in [2.45, 2.75) is 32.4 Å². The molecule has 1 unspecified atom stereocenters. The summed E-state index contributed by atoms with van der Waals surface area (Å²) in [6, 6.07) is 2.26. The van der Waals surface area contributed by atoms with Gasteiger partial charge in [-0.2, -0.15) is 5.10 Å². The number of nitrogens with zero attached hydrogens (tertiary/aromatic N) is 4. The van der Waals surface area contributed by atoms with Gasteiger partial charge in [0, 0.05) is 24.0 Å². The third-order valence-corrected chi connectivity index (χ3v) is 2.90. The Morgan fingerprint density at radius 1 is 1.50 bits per heavy atom. The number of rotatable bonds is 4. The lowest BCUT2D eigenvalue weighted by atomic mass is 10.1. The molecule has 0 radical (unpaired) electrons. The Morgan fingerprint density at radius 3 is 2.88 bits per heavy atom. The standard InChI is InChI=1S/C10H15N5S/c1-7(2)15-4-3-8(13-15)5-9(11)10-6-16-14-12-10/h3-4,6-7,9H,5,11H2,1-2H3. The van der Waals surface area contributed by atoms with Gasteiger partial charge in [-0.3, -0.25) is 4.68 Å². The fraction of sp³-hybridized carbons (Fsp3) is 0.500. The van der Waals surface area contributed by atoms with Crippen LogP contribution in [0.5, 0.6) is 0 Å². The highest BCUT2D eigenvalue weighted by Gasteiger charge is 2.12. The van der Waals surface area contributed by atoms with E-state index in [1.807, 2.05) is 22.3 Å². The summed E-state index contributed by atoms with van der Waals surface area (Å²) in [6.07, 6.45) is 2.68. The molecule has 2 heterocycles. The van der Waals surface area contributed by atoms with E-state index in [0.717, 1.165) is 11.4 Å². The summed E-state index contributed by atoms with van der Waals surface area (Å²) in [5, 5.41) is 10.3. The van der Waals surface area contributed by atoms with Crippen LogP contribution in [0.25, 0.3) is 0 Å². The minimum atomic E-state index is -0.116. The first kappa shape index (κ1) is 11.2. The molecule has 2 N–H and O–H groups in total. The van der Waals surface area contributed by atoms with Crippen molar-refractivity contribution in [3.63, 3.8) is 0 Å². The molecule has 0 aliphatic rings. The molecule has 2 aromatic heterocycles. The van der Waals surface area contributed by atoms with E-state index in [1.165, 1.54) is 11.5 Å². The van der Waals surface area contributed by atoms with E-state index < -0.39 is 0 Å². The van der Waals surface area contributed by atoms with Crippen LogP contribution in [0.15, 0.2) is 17.6 Å². The molecule has 0 saturated heterocycles. The van der Waals surface area contributed by atoms with Gasteiger partial charge < -0.3 is 5.73 Å². The predicted octanol–water partition coefficient (Wildman–Crippen LogP) is 1.56. The molecule has 0 aromatic carbocycles. The van der Waals surface area contributed by atoms with Gasteiger partial charge in [-0.05, 0) is 31.4 Å². The molecule has 0 saturated carbocycles. The minimum absolute atomic E-state index is 0.116. The van der Waals surface area contributed by atoms with Crippen LogP contribution >= 0.6 is 11.5 Å². The first-order valence-electron chi connectivity index (χ1n) is 5.23. The van der Waals surface area contributed by atoms with E-state index in [0.29, 0.717) is 12.5 Å². The molecule has 6 heteroatoms. The lowest BCUT2D eigenvalue weighted by molar-refractivity contribution is 0.522. The van der Waals surface area contributed by atoms with E-state index >= 15 is 0 Å². The van der Waals surface area contributed by atoms with Crippen molar-refractivity contribution in [1.29, 1.82) is 0 Å². The molecular formula is C10H15N5S. The Morgan fingerprint density at radius 2 is 2.31 bits per heavy atom. The minimum Gasteiger partial charge on any atom is -0.322 e. The summed E-state index contributed by atoms with van der Waals surface area (Å²) in [4.78, 5) is 0. The van der Waals surface area contributed by atoms with E-state index in [9.17, 15) is 0 Å². The Labute approximate surface area is 98.4 Å². The van der Waals surface area contributed by atoms with Crippen molar-refractivity contribution in [1.82, 2.24) is 19.4 Å². The van der Waals surface area contributed by atoms with Crippen LogP contribution in [-0.4, -0.2) is 19.4 Å². The van der Waals surface area contributed by atoms with Gasteiger partial charge in [0.15, 0.2) is 0 Å². The summed E-state index contributed by atoms with van der Waals surface area (Å²) in [7, 11) is 0. The van der Waals surface area contributed by atoms with Crippen LogP contribution in [0, 0.1) is 0 Å². The maximum Gasteiger partial charge on any atom is 0.0926 e. The normalized spacial score (nSPS) is 13.2. The molecule has 1 atom stereocenters. The molecule has 0 amide bonds. The number of aromatic nitrogens is 4. The molecule has 0 fully saturated rings. The van der Waals surface area contributed by atoms with Crippen LogP contribution in [0.4, 0.5) is 0 Å². The monoisotopic (exact) mass is 237 g/mol. The quantitative estimate of drug-likeness (QED) is 0.876. The van der Waals surface area contributed by atoms with Gasteiger partial charge >= 0.3 is 0 Å². The highest BCUT2D eigenvalue weighted by atomic mass is 32.1. The van der Waals surface area contributed by atoms with Crippen molar-refractivity contribution in [2.75, 3.05) is 0 Å². The Kier molecular flexibility index (Phi) is 3.31. The number of nitrogens with two attached hydrogens (primary N) is 1. The maximum absolute atomic E-state index is 6.01. The van der Waals surface area contributed by atoms with Crippen molar-refractivity contribution in [3.8, 4) is 0 Å². The van der Waals surface area contributed by atoms with Crippen LogP contribution in [0.2, 0.25) is 0 Å². The van der Waals surface area contributed by atoms with Gasteiger partial charge in [-0.15, -0.1) is 5.10 Å². The van der Waals surface area contributed by atoms with Crippen LogP contribution in [0.3, 0.4) is 0 Å². The largest absolute Gasteiger partial charge is 0.322 e. The molecule has 5 nitrogen and oxygen atoms in total. The van der Waals surface area contributed by atoms with Gasteiger partial charge in [0.1, 0.15) is 0 Å². The fourth-order valence-corrected chi connectivity index (χ4v) is 1.96. The van der Waals surface area contributed by atoms with Gasteiger partial charge in [-0.1, -0.05) is 4.49 Å². The molecule has 2 aromatic rings. The van der Waals surface area contributed by atoms with E-state index in [1.54, 1.807) is 0 Å². The summed E-state index contributed by atoms with van der Waals surface area (Å²) < 4.78 is 5.74. The van der Waals surface area contributed by atoms with Gasteiger partial charge in [0.05, 0.1) is 17.4 Å².